The Kier molecular flexibility index (Phi) is 6.88. The van der Waals surface area contributed by atoms with Crippen LogP contribution >= 0.6 is 0 Å². The third kappa shape index (κ3) is 5.57. The van der Waals surface area contributed by atoms with Crippen molar-refractivity contribution in [3.63, 3.8) is 0 Å². The first-order valence-corrected chi connectivity index (χ1v) is 9.81. The average Bonchev–Trinajstić information content (AvgIpc) is 3.18. The summed E-state index contributed by atoms with van der Waals surface area (Å²) in [7, 11) is 0. The van der Waals surface area contributed by atoms with Crippen LogP contribution in [0.4, 0.5) is 0 Å². The van der Waals surface area contributed by atoms with Crippen molar-refractivity contribution in [1.29, 1.82) is 0 Å². The van der Waals surface area contributed by atoms with Crippen LogP contribution in [0.15, 0.2) is 42.5 Å². The van der Waals surface area contributed by atoms with E-state index in [1.54, 1.807) is 0 Å². The van der Waals surface area contributed by atoms with E-state index in [-0.39, 0.29) is 12.0 Å². The Balaban J connectivity index is 1.48. The van der Waals surface area contributed by atoms with Crippen molar-refractivity contribution in [2.75, 3.05) is 19.8 Å². The average molecular weight is 367 g/mol. The highest BCUT2D eigenvalue weighted by atomic mass is 16.5. The summed E-state index contributed by atoms with van der Waals surface area (Å²) in [5, 5.41) is 3.02. The molecule has 1 heterocycles. The van der Waals surface area contributed by atoms with Gasteiger partial charge >= 0.3 is 0 Å². The van der Waals surface area contributed by atoms with Gasteiger partial charge in [-0.2, -0.15) is 0 Å². The third-order valence-corrected chi connectivity index (χ3v) is 4.99. The van der Waals surface area contributed by atoms with Gasteiger partial charge in [-0.1, -0.05) is 35.9 Å². The number of hydrogen-bond donors (Lipinski definition) is 1. The lowest BCUT2D eigenvalue weighted by molar-refractivity contribution is 0.0670. The zero-order chi connectivity index (χ0) is 19.1. The smallest absolute Gasteiger partial charge is 0.255 e. The highest BCUT2D eigenvalue weighted by Crippen LogP contribution is 2.20. The van der Waals surface area contributed by atoms with Crippen LogP contribution in [0.5, 0.6) is 5.75 Å². The molecule has 1 aliphatic heterocycles. The van der Waals surface area contributed by atoms with Crippen molar-refractivity contribution < 1.29 is 14.3 Å². The summed E-state index contributed by atoms with van der Waals surface area (Å²) in [5.74, 6) is 0.540. The van der Waals surface area contributed by atoms with Crippen LogP contribution in [-0.4, -0.2) is 31.8 Å². The Hall–Kier alpha value is -2.33. The van der Waals surface area contributed by atoms with Crippen LogP contribution in [0.2, 0.25) is 0 Å². The second-order valence-corrected chi connectivity index (χ2v) is 7.23. The molecular weight excluding hydrogens is 338 g/mol. The second-order valence-electron chi connectivity index (χ2n) is 7.23. The molecule has 3 rings (SSSR count). The molecule has 1 aliphatic rings. The van der Waals surface area contributed by atoms with Gasteiger partial charge in [0.05, 0.1) is 11.7 Å². The molecule has 0 aliphatic carbocycles. The van der Waals surface area contributed by atoms with E-state index in [0.717, 1.165) is 32.3 Å². The molecule has 0 aromatic heterocycles. The molecular formula is C23H29NO3. The summed E-state index contributed by atoms with van der Waals surface area (Å²) in [6, 6.07) is 13.9. The molecule has 0 spiro atoms. The maximum absolute atomic E-state index is 12.6. The summed E-state index contributed by atoms with van der Waals surface area (Å²) in [6.45, 7) is 6.19. The Morgan fingerprint density at radius 1 is 1.22 bits per heavy atom. The number of benzene rings is 2. The highest BCUT2D eigenvalue weighted by molar-refractivity contribution is 5.96. The zero-order valence-electron chi connectivity index (χ0n) is 16.3. The van der Waals surface area contributed by atoms with Gasteiger partial charge in [0, 0.05) is 13.2 Å². The zero-order valence-corrected chi connectivity index (χ0v) is 16.3. The summed E-state index contributed by atoms with van der Waals surface area (Å²) in [4.78, 5) is 12.6. The first-order valence-electron chi connectivity index (χ1n) is 9.81. The van der Waals surface area contributed by atoms with Crippen LogP contribution < -0.4 is 10.1 Å². The van der Waals surface area contributed by atoms with Gasteiger partial charge in [-0.05, 0) is 62.8 Å². The minimum atomic E-state index is -0.0847. The van der Waals surface area contributed by atoms with Crippen molar-refractivity contribution in [3.05, 3.63) is 64.7 Å². The van der Waals surface area contributed by atoms with Crippen molar-refractivity contribution >= 4 is 5.91 Å². The molecule has 0 saturated carbocycles. The largest absolute Gasteiger partial charge is 0.490 e. The molecule has 4 nitrogen and oxygen atoms in total. The number of aryl methyl sites for hydroxylation is 3. The first kappa shape index (κ1) is 19.4. The number of rotatable bonds is 8. The van der Waals surface area contributed by atoms with Gasteiger partial charge in [-0.15, -0.1) is 0 Å². The number of carbonyl (C=O) groups is 1. The lowest BCUT2D eigenvalue weighted by Gasteiger charge is -2.14. The second kappa shape index (κ2) is 9.56. The van der Waals surface area contributed by atoms with Crippen molar-refractivity contribution in [3.8, 4) is 5.75 Å². The van der Waals surface area contributed by atoms with E-state index >= 15 is 0 Å². The lowest BCUT2D eigenvalue weighted by Crippen LogP contribution is -2.26. The molecule has 1 atom stereocenters. The van der Waals surface area contributed by atoms with E-state index in [0.29, 0.717) is 24.5 Å². The van der Waals surface area contributed by atoms with E-state index in [4.69, 9.17) is 9.47 Å². The molecule has 2 aromatic rings. The maximum atomic E-state index is 12.6. The van der Waals surface area contributed by atoms with E-state index in [1.807, 2.05) is 24.3 Å². The fourth-order valence-electron chi connectivity index (χ4n) is 3.44. The quantitative estimate of drug-likeness (QED) is 0.711. The Morgan fingerprint density at radius 2 is 2.07 bits per heavy atom. The minimum absolute atomic E-state index is 0.0847. The predicted octanol–water partition coefficient (Wildman–Crippen LogP) is 4.22. The van der Waals surface area contributed by atoms with Crippen molar-refractivity contribution in [2.24, 2.45) is 0 Å². The monoisotopic (exact) mass is 367 g/mol. The van der Waals surface area contributed by atoms with Gasteiger partial charge < -0.3 is 14.8 Å². The summed E-state index contributed by atoms with van der Waals surface area (Å²) >= 11 is 0. The number of nitrogens with one attached hydrogen (secondary N) is 1. The molecule has 1 fully saturated rings. The molecule has 0 bridgehead atoms. The summed E-state index contributed by atoms with van der Waals surface area (Å²) in [6.07, 6.45) is 4.11. The van der Waals surface area contributed by atoms with Crippen LogP contribution in [0.3, 0.4) is 0 Å². The topological polar surface area (TPSA) is 47.6 Å². The van der Waals surface area contributed by atoms with Crippen LogP contribution in [-0.2, 0) is 11.2 Å². The SMILES string of the molecule is Cc1ccc(CCCNC(=O)c2ccccc2OCC2CCCO2)c(C)c1. The number of para-hydroxylation sites is 1. The lowest BCUT2D eigenvalue weighted by atomic mass is 10.0. The Labute approximate surface area is 161 Å². The molecule has 1 unspecified atom stereocenters. The molecule has 144 valence electrons. The summed E-state index contributed by atoms with van der Waals surface area (Å²) in [5.41, 5.74) is 4.52. The van der Waals surface area contributed by atoms with Crippen LogP contribution in [0.1, 0.15) is 46.3 Å². The van der Waals surface area contributed by atoms with E-state index in [1.165, 1.54) is 16.7 Å². The fourth-order valence-corrected chi connectivity index (χ4v) is 3.44. The number of hydrogen-bond acceptors (Lipinski definition) is 3. The molecule has 1 saturated heterocycles. The van der Waals surface area contributed by atoms with Gasteiger partial charge in [-0.3, -0.25) is 4.79 Å². The van der Waals surface area contributed by atoms with Crippen molar-refractivity contribution in [2.45, 2.75) is 45.6 Å². The van der Waals surface area contributed by atoms with Gasteiger partial charge in [-0.25, -0.2) is 0 Å². The van der Waals surface area contributed by atoms with E-state index in [2.05, 4.69) is 37.4 Å². The Morgan fingerprint density at radius 3 is 2.85 bits per heavy atom. The van der Waals surface area contributed by atoms with Gasteiger partial charge in [0.15, 0.2) is 0 Å². The number of amides is 1. The number of carbonyl (C=O) groups excluding carboxylic acids is 1. The van der Waals surface area contributed by atoms with Gasteiger partial charge in [0.1, 0.15) is 12.4 Å². The maximum Gasteiger partial charge on any atom is 0.255 e. The molecule has 2 aromatic carbocycles. The predicted molar refractivity (Wildman–Crippen MR) is 107 cm³/mol. The highest BCUT2D eigenvalue weighted by Gasteiger charge is 2.18. The summed E-state index contributed by atoms with van der Waals surface area (Å²) < 4.78 is 11.4. The van der Waals surface area contributed by atoms with Crippen LogP contribution in [0, 0.1) is 13.8 Å². The number of ether oxygens (including phenoxy) is 2. The molecule has 1 N–H and O–H groups in total. The van der Waals surface area contributed by atoms with Gasteiger partial charge in [0.2, 0.25) is 0 Å². The third-order valence-electron chi connectivity index (χ3n) is 4.99. The van der Waals surface area contributed by atoms with Gasteiger partial charge in [0.25, 0.3) is 5.91 Å². The molecule has 4 heteroatoms. The van der Waals surface area contributed by atoms with E-state index < -0.39 is 0 Å². The van der Waals surface area contributed by atoms with Crippen LogP contribution in [0.25, 0.3) is 0 Å². The molecule has 27 heavy (non-hydrogen) atoms. The Bertz CT molecular complexity index is 766. The standard InChI is InChI=1S/C23H29NO3/c1-17-11-12-19(18(2)15-17)7-5-13-24-23(25)21-9-3-4-10-22(21)27-16-20-8-6-14-26-20/h3-4,9-12,15,20H,5-8,13-14,16H2,1-2H3,(H,24,25). The fraction of sp³-hybridized carbons (Fsp3) is 0.435. The first-order chi connectivity index (χ1) is 13.1. The molecule has 0 radical (unpaired) electrons. The molecule has 1 amide bonds. The van der Waals surface area contributed by atoms with E-state index in [9.17, 15) is 4.79 Å². The van der Waals surface area contributed by atoms with Crippen molar-refractivity contribution in [1.82, 2.24) is 5.32 Å². The normalized spacial score (nSPS) is 16.3. The minimum Gasteiger partial charge on any atom is -0.490 e.